The lowest BCUT2D eigenvalue weighted by Gasteiger charge is -2.17. The molecule has 0 bridgehead atoms. The van der Waals surface area contributed by atoms with E-state index in [9.17, 15) is 19.8 Å². The average molecular weight is 801 g/mol. The van der Waals surface area contributed by atoms with Gasteiger partial charge in [0.15, 0.2) is 0 Å². The monoisotopic (exact) mass is 800 g/mol. The summed E-state index contributed by atoms with van der Waals surface area (Å²) in [7, 11) is 0. The van der Waals surface area contributed by atoms with Gasteiger partial charge in [0, 0.05) is 44.8 Å². The van der Waals surface area contributed by atoms with Crippen LogP contribution in [-0.2, 0) is 13.2 Å². The Morgan fingerprint density at radius 3 is 1.28 bits per heavy atom. The molecule has 0 saturated carbocycles. The minimum absolute atomic E-state index is 0.00655. The van der Waals surface area contributed by atoms with E-state index in [4.69, 9.17) is 9.47 Å². The van der Waals surface area contributed by atoms with Crippen molar-refractivity contribution in [2.45, 2.75) is 13.2 Å². The molecule has 8 nitrogen and oxygen atoms in total. The number of ether oxygens (including phenoxy) is 2. The maximum absolute atomic E-state index is 12.8. The van der Waals surface area contributed by atoms with E-state index in [1.165, 1.54) is 0 Å². The fourth-order valence-electron chi connectivity index (χ4n) is 7.56. The molecule has 8 aromatic carbocycles. The van der Waals surface area contributed by atoms with Crippen LogP contribution in [0.4, 0.5) is 11.4 Å². The van der Waals surface area contributed by atoms with Crippen molar-refractivity contribution >= 4 is 69.0 Å². The van der Waals surface area contributed by atoms with Crippen molar-refractivity contribution in [3.8, 4) is 22.6 Å². The maximum atomic E-state index is 12.8. The number of benzene rings is 8. The van der Waals surface area contributed by atoms with Gasteiger partial charge in [0.1, 0.15) is 11.5 Å². The zero-order valence-electron chi connectivity index (χ0n) is 33.0. The molecule has 8 heteroatoms. The topological polar surface area (TPSA) is 117 Å². The first kappa shape index (κ1) is 38.7. The van der Waals surface area contributed by atoms with E-state index in [1.807, 2.05) is 84.9 Å². The molecule has 2 amide bonds. The smallest absolute Gasteiger partial charge is 0.255 e. The molecule has 0 aliphatic carbocycles. The maximum Gasteiger partial charge on any atom is 0.255 e. The molecule has 8 aromatic rings. The van der Waals surface area contributed by atoms with Crippen molar-refractivity contribution in [1.82, 2.24) is 0 Å². The van der Waals surface area contributed by atoms with Crippen molar-refractivity contribution < 1.29 is 29.3 Å². The Kier molecular flexibility index (Phi) is 10.9. The lowest BCUT2D eigenvalue weighted by molar-refractivity contribution is 0.101. The fourth-order valence-corrected chi connectivity index (χ4v) is 7.56. The van der Waals surface area contributed by atoms with Crippen LogP contribution in [0, 0.1) is 0 Å². The minimum Gasteiger partial charge on any atom is -0.456 e. The largest absolute Gasteiger partial charge is 0.456 e. The highest BCUT2D eigenvalue weighted by atomic mass is 16.7. The van der Waals surface area contributed by atoms with Gasteiger partial charge in [-0.15, -0.1) is 0 Å². The van der Waals surface area contributed by atoms with Crippen LogP contribution in [0.15, 0.2) is 158 Å². The summed E-state index contributed by atoms with van der Waals surface area (Å²) in [6.07, 6.45) is 8.17. The molecule has 1 aliphatic heterocycles. The SMILES string of the molecule is O=C(Nc1ccc(/C=C\c2cc3ccccc3c3c2OCOc2c(/C=C\c4ccc(NC(=O)c5ccc(CO)cc5)cc4)cc4ccccc4c2-3)cc1)c1ccc(CO)cc1. The second kappa shape index (κ2) is 17.2. The molecule has 0 fully saturated rings. The first-order chi connectivity index (χ1) is 29.9. The van der Waals surface area contributed by atoms with Gasteiger partial charge in [-0.2, -0.15) is 0 Å². The predicted molar refractivity (Wildman–Crippen MR) is 244 cm³/mol. The van der Waals surface area contributed by atoms with Crippen molar-refractivity contribution in [2.75, 3.05) is 17.4 Å². The van der Waals surface area contributed by atoms with Crippen LogP contribution >= 0.6 is 0 Å². The van der Waals surface area contributed by atoms with Gasteiger partial charge in [-0.1, -0.05) is 121 Å². The van der Waals surface area contributed by atoms with Gasteiger partial charge in [-0.25, -0.2) is 0 Å². The number of carbonyl (C=O) groups is 2. The summed E-state index contributed by atoms with van der Waals surface area (Å²) in [5.74, 6) is 0.992. The molecule has 0 radical (unpaired) electrons. The molecule has 0 spiro atoms. The summed E-state index contributed by atoms with van der Waals surface area (Å²) in [6, 6.07) is 49.9. The molecule has 61 heavy (non-hydrogen) atoms. The molecule has 1 heterocycles. The third-order valence-electron chi connectivity index (χ3n) is 10.8. The van der Waals surface area contributed by atoms with Crippen LogP contribution in [-0.4, -0.2) is 28.8 Å². The summed E-state index contributed by atoms with van der Waals surface area (Å²) >= 11 is 0. The number of aliphatic hydroxyl groups excluding tert-OH is 2. The molecule has 1 aliphatic rings. The number of carbonyl (C=O) groups excluding carboxylic acids is 2. The number of hydrogen-bond acceptors (Lipinski definition) is 6. The summed E-state index contributed by atoms with van der Waals surface area (Å²) in [4.78, 5) is 25.7. The quantitative estimate of drug-likeness (QED) is 0.102. The Morgan fingerprint density at radius 1 is 0.492 bits per heavy atom. The summed E-state index contributed by atoms with van der Waals surface area (Å²) < 4.78 is 13.1. The van der Waals surface area contributed by atoms with Crippen molar-refractivity contribution in [3.63, 3.8) is 0 Å². The molecule has 0 unspecified atom stereocenters. The van der Waals surface area contributed by atoms with Crippen LogP contribution in [0.1, 0.15) is 54.1 Å². The van der Waals surface area contributed by atoms with Gasteiger partial charge in [0.05, 0.1) is 13.2 Å². The van der Waals surface area contributed by atoms with E-state index in [1.54, 1.807) is 48.5 Å². The Balaban J connectivity index is 1.02. The van der Waals surface area contributed by atoms with Gasteiger partial charge in [0.2, 0.25) is 6.79 Å². The van der Waals surface area contributed by atoms with E-state index in [0.29, 0.717) is 22.5 Å². The highest BCUT2D eigenvalue weighted by Gasteiger charge is 2.26. The van der Waals surface area contributed by atoms with Gasteiger partial charge in [-0.3, -0.25) is 9.59 Å². The number of aliphatic hydroxyl groups is 2. The molecule has 4 N–H and O–H groups in total. The van der Waals surface area contributed by atoms with E-state index in [-0.39, 0.29) is 31.8 Å². The number of fused-ring (bicyclic) bond motifs is 7. The number of amides is 2. The van der Waals surface area contributed by atoms with Gasteiger partial charge >= 0.3 is 0 Å². The lowest BCUT2D eigenvalue weighted by Crippen LogP contribution is -2.11. The Hall–Kier alpha value is -7.78. The number of hydrogen-bond donors (Lipinski definition) is 4. The number of nitrogens with one attached hydrogen (secondary N) is 2. The molecule has 0 atom stereocenters. The minimum atomic E-state index is -0.225. The molecule has 298 valence electrons. The molecule has 9 rings (SSSR count). The van der Waals surface area contributed by atoms with Crippen LogP contribution in [0.5, 0.6) is 11.5 Å². The van der Waals surface area contributed by atoms with Crippen molar-refractivity contribution in [1.29, 1.82) is 0 Å². The van der Waals surface area contributed by atoms with Gasteiger partial charge < -0.3 is 30.3 Å². The Labute approximate surface area is 352 Å². The van der Waals surface area contributed by atoms with E-state index in [2.05, 4.69) is 59.2 Å². The predicted octanol–water partition coefficient (Wildman–Crippen LogP) is 11.2. The summed E-state index contributed by atoms with van der Waals surface area (Å²) in [5.41, 5.74) is 9.44. The molecule has 0 aromatic heterocycles. The standard InChI is InChI=1S/C53H40N2O6/c56-31-36-11-19-38(20-12-36)52(58)54-44-25-15-34(16-26-44)9-23-42-29-40-5-1-3-7-46(40)48-49-47-8-4-2-6-41(47)30-43(51(49)61-33-60-50(42)48)24-10-35-17-27-45(28-18-35)55-53(59)39-21-13-37(32-57)14-22-39/h1-30,56-57H,31-33H2,(H,54,58)(H,55,59)/b23-9-,24-10-. The van der Waals surface area contributed by atoms with E-state index in [0.717, 1.165) is 77.6 Å². The average Bonchev–Trinajstić information content (AvgIpc) is 3.52. The van der Waals surface area contributed by atoms with Crippen LogP contribution < -0.4 is 20.1 Å². The van der Waals surface area contributed by atoms with Crippen LogP contribution in [0.25, 0.3) is 57.0 Å². The Morgan fingerprint density at radius 2 is 0.885 bits per heavy atom. The second-order valence-electron chi connectivity index (χ2n) is 14.7. The van der Waals surface area contributed by atoms with Crippen molar-refractivity contribution in [3.05, 3.63) is 202 Å². The fraction of sp³-hybridized carbons (Fsp3) is 0.0566. The number of anilines is 2. The summed E-state index contributed by atoms with van der Waals surface area (Å²) in [5, 5.41) is 28.7. The molecular weight excluding hydrogens is 761 g/mol. The first-order valence-electron chi connectivity index (χ1n) is 19.9. The zero-order valence-corrected chi connectivity index (χ0v) is 33.0. The third kappa shape index (κ3) is 8.27. The normalized spacial score (nSPS) is 12.1. The highest BCUT2D eigenvalue weighted by Crippen LogP contribution is 2.50. The third-order valence-corrected chi connectivity index (χ3v) is 10.8. The van der Waals surface area contributed by atoms with E-state index >= 15 is 0 Å². The number of rotatable bonds is 10. The molecular formula is C53H40N2O6. The first-order valence-corrected chi connectivity index (χ1v) is 19.9. The zero-order chi connectivity index (χ0) is 41.7. The summed E-state index contributed by atoms with van der Waals surface area (Å²) in [6.45, 7) is -0.141. The van der Waals surface area contributed by atoms with Crippen LogP contribution in [0.2, 0.25) is 0 Å². The molecule has 0 saturated heterocycles. The second-order valence-corrected chi connectivity index (χ2v) is 14.7. The lowest BCUT2D eigenvalue weighted by atomic mass is 9.88. The van der Waals surface area contributed by atoms with Crippen molar-refractivity contribution in [2.24, 2.45) is 0 Å². The van der Waals surface area contributed by atoms with E-state index < -0.39 is 0 Å². The van der Waals surface area contributed by atoms with Crippen LogP contribution in [0.3, 0.4) is 0 Å². The van der Waals surface area contributed by atoms with Gasteiger partial charge in [-0.05, 0) is 104 Å². The Bertz CT molecular complexity index is 2770. The highest BCUT2D eigenvalue weighted by molar-refractivity contribution is 6.13. The van der Waals surface area contributed by atoms with Gasteiger partial charge in [0.25, 0.3) is 11.8 Å².